The summed E-state index contributed by atoms with van der Waals surface area (Å²) in [4.78, 5) is 3.86. The van der Waals surface area contributed by atoms with Gasteiger partial charge in [0.05, 0.1) is 6.61 Å². The molecule has 2 rings (SSSR count). The number of ether oxygens (including phenoxy) is 1. The van der Waals surface area contributed by atoms with Crippen LogP contribution in [0.4, 0.5) is 14.6 Å². The molecule has 1 aromatic rings. The van der Waals surface area contributed by atoms with Crippen LogP contribution in [0.5, 0.6) is 5.88 Å². The molecule has 1 aliphatic carbocycles. The van der Waals surface area contributed by atoms with Crippen molar-refractivity contribution in [1.29, 1.82) is 0 Å². The van der Waals surface area contributed by atoms with Gasteiger partial charge in [0.15, 0.2) is 17.5 Å². The van der Waals surface area contributed by atoms with Crippen LogP contribution in [0, 0.1) is 17.6 Å². The van der Waals surface area contributed by atoms with Crippen molar-refractivity contribution < 1.29 is 13.5 Å². The third kappa shape index (κ3) is 3.78. The first-order chi connectivity index (χ1) is 9.20. The second kappa shape index (κ2) is 6.68. The van der Waals surface area contributed by atoms with Gasteiger partial charge in [-0.2, -0.15) is 4.98 Å². The molecule has 0 aliphatic heterocycles. The highest BCUT2D eigenvalue weighted by Crippen LogP contribution is 2.26. The lowest BCUT2D eigenvalue weighted by Gasteiger charge is -2.21. The highest BCUT2D eigenvalue weighted by atomic mass is 19.1. The first kappa shape index (κ1) is 14.0. The Balaban J connectivity index is 2.00. The molecule has 1 N–H and O–H groups in total. The van der Waals surface area contributed by atoms with Gasteiger partial charge in [-0.05, 0) is 25.7 Å². The number of nitrogens with one attached hydrogen (secondary N) is 1. The number of nitrogens with zero attached hydrogens (tertiary/aromatic N) is 1. The van der Waals surface area contributed by atoms with E-state index in [4.69, 9.17) is 4.74 Å². The minimum Gasteiger partial charge on any atom is -0.475 e. The molecule has 0 bridgehead atoms. The third-order valence-electron chi connectivity index (χ3n) is 3.42. The van der Waals surface area contributed by atoms with Gasteiger partial charge in [0.2, 0.25) is 0 Å². The Morgan fingerprint density at radius 1 is 1.26 bits per heavy atom. The molecule has 0 radical (unpaired) electrons. The zero-order valence-corrected chi connectivity index (χ0v) is 11.2. The normalized spacial score (nSPS) is 16.4. The van der Waals surface area contributed by atoms with E-state index in [2.05, 4.69) is 10.3 Å². The minimum absolute atomic E-state index is 0.0440. The Kier molecular flexibility index (Phi) is 4.93. The molecule has 0 saturated heterocycles. The van der Waals surface area contributed by atoms with E-state index in [1.165, 1.54) is 19.3 Å². The van der Waals surface area contributed by atoms with E-state index < -0.39 is 11.6 Å². The van der Waals surface area contributed by atoms with Crippen molar-refractivity contribution in [2.45, 2.75) is 39.0 Å². The fourth-order valence-electron chi connectivity index (χ4n) is 2.39. The van der Waals surface area contributed by atoms with Crippen LogP contribution in [0.2, 0.25) is 0 Å². The van der Waals surface area contributed by atoms with Crippen molar-refractivity contribution in [2.24, 2.45) is 5.92 Å². The molecule has 0 atom stereocenters. The zero-order valence-electron chi connectivity index (χ0n) is 11.2. The van der Waals surface area contributed by atoms with Gasteiger partial charge in [-0.15, -0.1) is 0 Å². The smallest absolute Gasteiger partial charge is 0.252 e. The van der Waals surface area contributed by atoms with E-state index in [9.17, 15) is 8.78 Å². The molecule has 1 heterocycles. The summed E-state index contributed by atoms with van der Waals surface area (Å²) in [5.74, 6) is -1.03. The van der Waals surface area contributed by atoms with Crippen LogP contribution >= 0.6 is 0 Å². The second-order valence-electron chi connectivity index (χ2n) is 4.95. The summed E-state index contributed by atoms with van der Waals surface area (Å²) in [6.45, 7) is 2.81. The van der Waals surface area contributed by atoms with E-state index in [1.54, 1.807) is 0 Å². The van der Waals surface area contributed by atoms with Gasteiger partial charge < -0.3 is 10.1 Å². The Hall–Kier alpha value is -1.39. The molecule has 106 valence electrons. The molecular formula is C14H20F2N2O. The number of pyridine rings is 1. The summed E-state index contributed by atoms with van der Waals surface area (Å²) in [6.07, 6.45) is 5.90. The van der Waals surface area contributed by atoms with Crippen LogP contribution in [-0.2, 0) is 0 Å². The molecule has 5 heteroatoms. The van der Waals surface area contributed by atoms with Gasteiger partial charge in [-0.1, -0.05) is 19.3 Å². The Bertz CT molecular complexity index is 420. The molecule has 3 nitrogen and oxygen atoms in total. The molecule has 0 spiro atoms. The Morgan fingerprint density at radius 2 is 2.00 bits per heavy atom. The number of hydrogen-bond donors (Lipinski definition) is 1. The highest BCUT2D eigenvalue weighted by Gasteiger charge is 2.17. The maximum absolute atomic E-state index is 13.6. The van der Waals surface area contributed by atoms with Crippen LogP contribution in [-0.4, -0.2) is 18.1 Å². The number of aromatic nitrogens is 1. The van der Waals surface area contributed by atoms with Gasteiger partial charge in [0, 0.05) is 12.6 Å². The fraction of sp³-hybridized carbons (Fsp3) is 0.643. The predicted molar refractivity (Wildman–Crippen MR) is 70.4 cm³/mol. The summed E-state index contributed by atoms with van der Waals surface area (Å²) in [5, 5.41) is 2.75. The maximum Gasteiger partial charge on any atom is 0.252 e. The van der Waals surface area contributed by atoms with Crippen LogP contribution in [0.1, 0.15) is 39.0 Å². The summed E-state index contributed by atoms with van der Waals surface area (Å²) >= 11 is 0. The monoisotopic (exact) mass is 270 g/mol. The van der Waals surface area contributed by atoms with Crippen molar-refractivity contribution >= 4 is 5.82 Å². The largest absolute Gasteiger partial charge is 0.475 e. The van der Waals surface area contributed by atoms with Crippen LogP contribution in [0.25, 0.3) is 0 Å². The van der Waals surface area contributed by atoms with E-state index in [0.717, 1.165) is 18.9 Å². The van der Waals surface area contributed by atoms with Gasteiger partial charge in [-0.25, -0.2) is 8.78 Å². The lowest BCUT2D eigenvalue weighted by Crippen LogP contribution is -2.16. The lowest BCUT2D eigenvalue weighted by atomic mass is 9.90. The molecule has 1 aliphatic rings. The molecule has 0 aromatic carbocycles. The number of hydrogen-bond acceptors (Lipinski definition) is 3. The average molecular weight is 270 g/mol. The SMILES string of the molecule is CCNc1nc(OCC2CCCCC2)c(F)cc1F. The first-order valence-corrected chi connectivity index (χ1v) is 6.93. The zero-order chi connectivity index (χ0) is 13.7. The first-order valence-electron chi connectivity index (χ1n) is 6.93. The topological polar surface area (TPSA) is 34.2 Å². The molecular weight excluding hydrogens is 250 g/mol. The Morgan fingerprint density at radius 3 is 2.68 bits per heavy atom. The van der Waals surface area contributed by atoms with Gasteiger partial charge in [0.1, 0.15) is 0 Å². The van der Waals surface area contributed by atoms with Crippen molar-refractivity contribution in [2.75, 3.05) is 18.5 Å². The van der Waals surface area contributed by atoms with E-state index in [1.807, 2.05) is 6.92 Å². The number of rotatable bonds is 5. The van der Waals surface area contributed by atoms with Crippen molar-refractivity contribution in [3.05, 3.63) is 17.7 Å². The minimum atomic E-state index is -0.741. The summed E-state index contributed by atoms with van der Waals surface area (Å²) < 4.78 is 32.4. The average Bonchev–Trinajstić information content (AvgIpc) is 2.42. The quantitative estimate of drug-likeness (QED) is 0.884. The molecule has 1 fully saturated rings. The van der Waals surface area contributed by atoms with Crippen LogP contribution in [0.3, 0.4) is 0 Å². The van der Waals surface area contributed by atoms with Gasteiger partial charge in [-0.3, -0.25) is 0 Å². The highest BCUT2D eigenvalue weighted by molar-refractivity contribution is 5.39. The molecule has 0 unspecified atom stereocenters. The number of halogens is 2. The van der Waals surface area contributed by atoms with Crippen LogP contribution < -0.4 is 10.1 Å². The molecule has 19 heavy (non-hydrogen) atoms. The Labute approximate surface area is 112 Å². The second-order valence-corrected chi connectivity index (χ2v) is 4.95. The van der Waals surface area contributed by atoms with Crippen LogP contribution in [0.15, 0.2) is 6.07 Å². The van der Waals surface area contributed by atoms with Gasteiger partial charge in [0.25, 0.3) is 5.88 Å². The van der Waals surface area contributed by atoms with Crippen molar-refractivity contribution in [3.8, 4) is 5.88 Å². The fourth-order valence-corrected chi connectivity index (χ4v) is 2.39. The lowest BCUT2D eigenvalue weighted by molar-refractivity contribution is 0.195. The maximum atomic E-state index is 13.6. The standard InChI is InChI=1S/C14H20F2N2O/c1-2-17-13-11(15)8-12(16)14(18-13)19-9-10-6-4-3-5-7-10/h8,10H,2-7,9H2,1H3,(H,17,18). The summed E-state index contributed by atoms with van der Waals surface area (Å²) in [5.41, 5.74) is 0. The van der Waals surface area contributed by atoms with Gasteiger partial charge >= 0.3 is 0 Å². The van der Waals surface area contributed by atoms with E-state index in [-0.39, 0.29) is 11.7 Å². The van der Waals surface area contributed by atoms with E-state index >= 15 is 0 Å². The summed E-state index contributed by atoms with van der Waals surface area (Å²) in [6, 6.07) is 0.821. The summed E-state index contributed by atoms with van der Waals surface area (Å²) in [7, 11) is 0. The van der Waals surface area contributed by atoms with Crippen molar-refractivity contribution in [3.63, 3.8) is 0 Å². The molecule has 0 amide bonds. The van der Waals surface area contributed by atoms with E-state index in [0.29, 0.717) is 19.1 Å². The third-order valence-corrected chi connectivity index (χ3v) is 3.42. The van der Waals surface area contributed by atoms with Crippen molar-refractivity contribution in [1.82, 2.24) is 4.98 Å². The predicted octanol–water partition coefficient (Wildman–Crippen LogP) is 3.75. The molecule has 1 aromatic heterocycles. The number of anilines is 1. The molecule has 1 saturated carbocycles.